The van der Waals surface area contributed by atoms with Crippen LogP contribution < -0.4 is 15.0 Å². The third-order valence-electron chi connectivity index (χ3n) is 3.54. The Morgan fingerprint density at radius 1 is 1.10 bits per heavy atom. The molecule has 0 aliphatic carbocycles. The van der Waals surface area contributed by atoms with Crippen molar-refractivity contribution in [1.82, 2.24) is 5.32 Å². The van der Waals surface area contributed by atoms with Crippen molar-refractivity contribution >= 4 is 5.69 Å². The molecule has 21 heavy (non-hydrogen) atoms. The lowest BCUT2D eigenvalue weighted by molar-refractivity contribution is 0.334. The second-order valence-corrected chi connectivity index (χ2v) is 5.18. The summed E-state index contributed by atoms with van der Waals surface area (Å²) in [5.74, 6) is 0.939. The topological polar surface area (TPSA) is 24.5 Å². The highest BCUT2D eigenvalue weighted by atomic mass is 16.5. The fourth-order valence-corrected chi connectivity index (χ4v) is 2.49. The molecule has 2 aromatic carbocycles. The van der Waals surface area contributed by atoms with Gasteiger partial charge in [-0.05, 0) is 37.7 Å². The van der Waals surface area contributed by atoms with E-state index in [4.69, 9.17) is 4.74 Å². The Morgan fingerprint density at radius 3 is 2.52 bits per heavy atom. The Bertz CT molecular complexity index is 581. The van der Waals surface area contributed by atoms with Crippen LogP contribution in [0.15, 0.2) is 48.5 Å². The van der Waals surface area contributed by atoms with Crippen LogP contribution in [0.1, 0.15) is 24.1 Å². The number of ether oxygens (including phenoxy) is 1. The highest BCUT2D eigenvalue weighted by Crippen LogP contribution is 2.31. The summed E-state index contributed by atoms with van der Waals surface area (Å²) in [6, 6.07) is 16.9. The Kier molecular flexibility index (Phi) is 5.23. The molecular weight excluding hydrogens is 260 g/mol. The minimum Gasteiger partial charge on any atom is -0.494 e. The first-order valence-corrected chi connectivity index (χ1v) is 7.33. The summed E-state index contributed by atoms with van der Waals surface area (Å²) in [4.78, 5) is 2.12. The Balaban J connectivity index is 2.42. The summed E-state index contributed by atoms with van der Waals surface area (Å²) >= 11 is 0. The molecule has 1 atom stereocenters. The van der Waals surface area contributed by atoms with E-state index in [2.05, 4.69) is 60.7 Å². The standard InChI is InChI=1S/C18H24N2O/c1-5-21-17-12-7-6-11-16(17)18(19-2)14-9-8-10-15(13-14)20(3)4/h6-13,18-19H,5H2,1-4H3. The van der Waals surface area contributed by atoms with Gasteiger partial charge in [0.2, 0.25) is 0 Å². The smallest absolute Gasteiger partial charge is 0.124 e. The van der Waals surface area contributed by atoms with Gasteiger partial charge >= 0.3 is 0 Å². The van der Waals surface area contributed by atoms with E-state index in [9.17, 15) is 0 Å². The van der Waals surface area contributed by atoms with Crippen molar-refractivity contribution in [2.75, 3.05) is 32.6 Å². The van der Waals surface area contributed by atoms with Gasteiger partial charge in [0.25, 0.3) is 0 Å². The van der Waals surface area contributed by atoms with Crippen molar-refractivity contribution < 1.29 is 4.74 Å². The molecule has 3 heteroatoms. The molecule has 0 fully saturated rings. The third-order valence-corrected chi connectivity index (χ3v) is 3.54. The lowest BCUT2D eigenvalue weighted by atomic mass is 9.97. The zero-order valence-electron chi connectivity index (χ0n) is 13.3. The van der Waals surface area contributed by atoms with Crippen LogP contribution in [0.2, 0.25) is 0 Å². The molecule has 0 aliphatic heterocycles. The monoisotopic (exact) mass is 284 g/mol. The Morgan fingerprint density at radius 2 is 1.86 bits per heavy atom. The third kappa shape index (κ3) is 3.56. The van der Waals surface area contributed by atoms with Gasteiger partial charge in [-0.15, -0.1) is 0 Å². The number of hydrogen-bond acceptors (Lipinski definition) is 3. The molecule has 0 radical (unpaired) electrons. The fourth-order valence-electron chi connectivity index (χ4n) is 2.49. The molecule has 1 unspecified atom stereocenters. The average Bonchev–Trinajstić information content (AvgIpc) is 2.50. The predicted molar refractivity (Wildman–Crippen MR) is 89.3 cm³/mol. The predicted octanol–water partition coefficient (Wildman–Crippen LogP) is 3.46. The highest BCUT2D eigenvalue weighted by molar-refractivity contribution is 5.50. The van der Waals surface area contributed by atoms with Crippen LogP contribution in [0.4, 0.5) is 5.69 Å². The van der Waals surface area contributed by atoms with Gasteiger partial charge in [-0.3, -0.25) is 0 Å². The van der Waals surface area contributed by atoms with Gasteiger partial charge in [-0.1, -0.05) is 30.3 Å². The average molecular weight is 284 g/mol. The molecule has 0 aliphatic rings. The van der Waals surface area contributed by atoms with E-state index in [-0.39, 0.29) is 6.04 Å². The first-order valence-electron chi connectivity index (χ1n) is 7.33. The van der Waals surface area contributed by atoms with E-state index in [1.54, 1.807) is 0 Å². The molecule has 2 aromatic rings. The molecule has 0 spiro atoms. The maximum atomic E-state index is 5.77. The van der Waals surface area contributed by atoms with Crippen LogP contribution in [0.5, 0.6) is 5.75 Å². The number of nitrogens with one attached hydrogen (secondary N) is 1. The first-order chi connectivity index (χ1) is 10.2. The summed E-state index contributed by atoms with van der Waals surface area (Å²) in [7, 11) is 6.10. The SMILES string of the molecule is CCOc1ccccc1C(NC)c1cccc(N(C)C)c1. The summed E-state index contributed by atoms with van der Waals surface area (Å²) in [6.45, 7) is 2.68. The quantitative estimate of drug-likeness (QED) is 0.879. The molecule has 0 heterocycles. The van der Waals surface area contributed by atoms with Crippen LogP contribution in [0.25, 0.3) is 0 Å². The van der Waals surface area contributed by atoms with Crippen LogP contribution >= 0.6 is 0 Å². The molecule has 3 nitrogen and oxygen atoms in total. The van der Waals surface area contributed by atoms with Gasteiger partial charge in [0.1, 0.15) is 5.75 Å². The maximum absolute atomic E-state index is 5.77. The van der Waals surface area contributed by atoms with Gasteiger partial charge in [-0.2, -0.15) is 0 Å². The number of anilines is 1. The van der Waals surface area contributed by atoms with Crippen LogP contribution in [0, 0.1) is 0 Å². The molecule has 0 aromatic heterocycles. The van der Waals surface area contributed by atoms with Crippen molar-refractivity contribution in [3.63, 3.8) is 0 Å². The van der Waals surface area contributed by atoms with Crippen molar-refractivity contribution in [2.24, 2.45) is 0 Å². The highest BCUT2D eigenvalue weighted by Gasteiger charge is 2.16. The largest absolute Gasteiger partial charge is 0.494 e. The van der Waals surface area contributed by atoms with E-state index in [0.29, 0.717) is 6.61 Å². The zero-order chi connectivity index (χ0) is 15.2. The maximum Gasteiger partial charge on any atom is 0.124 e. The summed E-state index contributed by atoms with van der Waals surface area (Å²) < 4.78 is 5.77. The second-order valence-electron chi connectivity index (χ2n) is 5.18. The van der Waals surface area contributed by atoms with E-state index in [1.165, 1.54) is 11.3 Å². The summed E-state index contributed by atoms with van der Waals surface area (Å²) in [6.07, 6.45) is 0. The van der Waals surface area contributed by atoms with Crippen molar-refractivity contribution in [1.29, 1.82) is 0 Å². The van der Waals surface area contributed by atoms with Crippen LogP contribution in [-0.4, -0.2) is 27.7 Å². The van der Waals surface area contributed by atoms with Crippen LogP contribution in [-0.2, 0) is 0 Å². The van der Waals surface area contributed by atoms with Crippen molar-refractivity contribution in [2.45, 2.75) is 13.0 Å². The molecule has 0 bridgehead atoms. The molecule has 112 valence electrons. The minimum absolute atomic E-state index is 0.118. The molecule has 0 amide bonds. The number of para-hydroxylation sites is 1. The van der Waals surface area contributed by atoms with Gasteiger partial charge in [0.05, 0.1) is 12.6 Å². The second kappa shape index (κ2) is 7.14. The van der Waals surface area contributed by atoms with Gasteiger partial charge in [0.15, 0.2) is 0 Å². The zero-order valence-corrected chi connectivity index (χ0v) is 13.3. The summed E-state index contributed by atoms with van der Waals surface area (Å²) in [5, 5.41) is 3.40. The van der Waals surface area contributed by atoms with E-state index in [1.807, 2.05) is 26.1 Å². The van der Waals surface area contributed by atoms with Crippen molar-refractivity contribution in [3.8, 4) is 5.75 Å². The minimum atomic E-state index is 0.118. The van der Waals surface area contributed by atoms with Gasteiger partial charge < -0.3 is 15.0 Å². The Hall–Kier alpha value is -2.00. The van der Waals surface area contributed by atoms with Gasteiger partial charge in [0, 0.05) is 25.3 Å². The van der Waals surface area contributed by atoms with E-state index < -0.39 is 0 Å². The van der Waals surface area contributed by atoms with Gasteiger partial charge in [-0.25, -0.2) is 0 Å². The first kappa shape index (κ1) is 15.4. The lowest BCUT2D eigenvalue weighted by Crippen LogP contribution is -2.19. The fraction of sp³-hybridized carbons (Fsp3) is 0.333. The molecule has 0 saturated carbocycles. The number of hydrogen-bond donors (Lipinski definition) is 1. The van der Waals surface area contributed by atoms with Crippen LogP contribution in [0.3, 0.4) is 0 Å². The molecule has 1 N–H and O–H groups in total. The van der Waals surface area contributed by atoms with E-state index in [0.717, 1.165) is 11.3 Å². The molecule has 0 saturated heterocycles. The normalized spacial score (nSPS) is 12.0. The number of nitrogens with zero attached hydrogens (tertiary/aromatic N) is 1. The van der Waals surface area contributed by atoms with E-state index >= 15 is 0 Å². The van der Waals surface area contributed by atoms with Crippen molar-refractivity contribution in [3.05, 3.63) is 59.7 Å². The lowest BCUT2D eigenvalue weighted by Gasteiger charge is -2.22. The number of benzene rings is 2. The number of rotatable bonds is 6. The summed E-state index contributed by atoms with van der Waals surface area (Å²) in [5.41, 5.74) is 3.59. The Labute approximate surface area is 127 Å². The molecule has 2 rings (SSSR count). The molecular formula is C18H24N2O.